The molecule has 0 spiro atoms. The lowest BCUT2D eigenvalue weighted by Gasteiger charge is -2.19. The first-order valence-corrected chi connectivity index (χ1v) is 10.7. The highest BCUT2D eigenvalue weighted by atomic mass is 35.5. The van der Waals surface area contributed by atoms with Crippen molar-refractivity contribution in [1.82, 2.24) is 5.32 Å². The van der Waals surface area contributed by atoms with Crippen molar-refractivity contribution >= 4 is 35.1 Å². The summed E-state index contributed by atoms with van der Waals surface area (Å²) in [4.78, 5) is 25.2. The van der Waals surface area contributed by atoms with Crippen LogP contribution in [0.5, 0.6) is 11.5 Å². The highest BCUT2D eigenvalue weighted by Gasteiger charge is 2.27. The first kappa shape index (κ1) is 24.8. The predicted octanol–water partition coefficient (Wildman–Crippen LogP) is 3.72. The van der Waals surface area contributed by atoms with Crippen LogP contribution in [0.25, 0.3) is 0 Å². The van der Waals surface area contributed by atoms with Crippen molar-refractivity contribution in [3.05, 3.63) is 57.6 Å². The van der Waals surface area contributed by atoms with Crippen LogP contribution in [0.3, 0.4) is 0 Å². The molecule has 0 heterocycles. The van der Waals surface area contributed by atoms with Crippen molar-refractivity contribution in [2.45, 2.75) is 32.2 Å². The van der Waals surface area contributed by atoms with E-state index >= 15 is 0 Å². The van der Waals surface area contributed by atoms with E-state index in [0.29, 0.717) is 19.6 Å². The highest BCUT2D eigenvalue weighted by molar-refractivity contribution is 6.39. The Labute approximate surface area is 191 Å². The molecule has 0 saturated carbocycles. The summed E-state index contributed by atoms with van der Waals surface area (Å²) >= 11 is 12.4. The molecule has 0 saturated heterocycles. The van der Waals surface area contributed by atoms with Gasteiger partial charge in [0.1, 0.15) is 11.1 Å². The number of esters is 1. The molecule has 31 heavy (non-hydrogen) atoms. The number of aromatic hydroxyl groups is 1. The minimum atomic E-state index is -0.959. The SMILES string of the molecule is CCOC(=O)[C@@H](Cc1ccccc1)NC(=O)c1cc(Cl)c(OCCCCN)c(Cl)c1O. The fourth-order valence-electron chi connectivity index (χ4n) is 2.84. The van der Waals surface area contributed by atoms with Crippen LogP contribution in [0.1, 0.15) is 35.7 Å². The van der Waals surface area contributed by atoms with Gasteiger partial charge in [0.25, 0.3) is 5.91 Å². The van der Waals surface area contributed by atoms with Gasteiger partial charge in [-0.25, -0.2) is 4.79 Å². The van der Waals surface area contributed by atoms with Crippen LogP contribution in [-0.4, -0.2) is 42.8 Å². The van der Waals surface area contributed by atoms with Crippen molar-refractivity contribution in [3.8, 4) is 11.5 Å². The van der Waals surface area contributed by atoms with E-state index in [-0.39, 0.29) is 34.4 Å². The van der Waals surface area contributed by atoms with Gasteiger partial charge in [-0.05, 0) is 37.9 Å². The van der Waals surface area contributed by atoms with Gasteiger partial charge < -0.3 is 25.6 Å². The maximum atomic E-state index is 12.8. The average molecular weight is 469 g/mol. The quantitative estimate of drug-likeness (QED) is 0.342. The number of ether oxygens (including phenoxy) is 2. The van der Waals surface area contributed by atoms with E-state index in [0.717, 1.165) is 12.0 Å². The summed E-state index contributed by atoms with van der Waals surface area (Å²) in [7, 11) is 0. The van der Waals surface area contributed by atoms with Crippen LogP contribution in [0.2, 0.25) is 10.0 Å². The van der Waals surface area contributed by atoms with Gasteiger partial charge in [-0.1, -0.05) is 53.5 Å². The second-order valence-corrected chi connectivity index (χ2v) is 7.49. The Morgan fingerprint density at radius 1 is 1.19 bits per heavy atom. The Hall–Kier alpha value is -2.48. The molecule has 2 rings (SSSR count). The summed E-state index contributed by atoms with van der Waals surface area (Å²) in [6, 6.07) is 9.47. The third-order valence-electron chi connectivity index (χ3n) is 4.40. The lowest BCUT2D eigenvalue weighted by Crippen LogP contribution is -2.43. The number of nitrogens with one attached hydrogen (secondary N) is 1. The standard InChI is InChI=1S/C22H26Cl2N2O5/c1-2-30-22(29)17(12-14-8-4-3-5-9-14)26-21(28)15-13-16(23)20(18(24)19(15)27)31-11-7-6-10-25/h3-5,8-9,13,17,27H,2,6-7,10-12,25H2,1H3,(H,26,28)/t17-/m1/s1. The fourth-order valence-corrected chi connectivity index (χ4v) is 3.40. The highest BCUT2D eigenvalue weighted by Crippen LogP contribution is 2.42. The van der Waals surface area contributed by atoms with Crippen LogP contribution in [-0.2, 0) is 16.0 Å². The number of unbranched alkanes of at least 4 members (excludes halogenated alkanes) is 1. The monoisotopic (exact) mass is 468 g/mol. The molecule has 0 aliphatic heterocycles. The number of carbonyl (C=O) groups excluding carboxylic acids is 2. The smallest absolute Gasteiger partial charge is 0.328 e. The van der Waals surface area contributed by atoms with Crippen LogP contribution < -0.4 is 15.8 Å². The van der Waals surface area contributed by atoms with Crippen molar-refractivity contribution in [3.63, 3.8) is 0 Å². The zero-order chi connectivity index (χ0) is 22.8. The Morgan fingerprint density at radius 2 is 1.90 bits per heavy atom. The Morgan fingerprint density at radius 3 is 2.55 bits per heavy atom. The Balaban J connectivity index is 2.21. The van der Waals surface area contributed by atoms with Crippen LogP contribution >= 0.6 is 23.2 Å². The maximum Gasteiger partial charge on any atom is 0.328 e. The second kappa shape index (κ2) is 12.4. The molecule has 0 aliphatic carbocycles. The Kier molecular flexibility index (Phi) is 9.91. The number of rotatable bonds is 11. The van der Waals surface area contributed by atoms with Gasteiger partial charge in [-0.2, -0.15) is 0 Å². The van der Waals surface area contributed by atoms with E-state index in [4.69, 9.17) is 38.4 Å². The molecule has 7 nitrogen and oxygen atoms in total. The van der Waals surface area contributed by atoms with Crippen LogP contribution in [0.4, 0.5) is 0 Å². The van der Waals surface area contributed by atoms with Gasteiger partial charge in [0.05, 0.1) is 23.8 Å². The number of carbonyl (C=O) groups is 2. The van der Waals surface area contributed by atoms with Gasteiger partial charge in [0, 0.05) is 6.42 Å². The third kappa shape index (κ3) is 7.02. The van der Waals surface area contributed by atoms with Crippen molar-refractivity contribution < 1.29 is 24.2 Å². The first-order chi connectivity index (χ1) is 14.9. The van der Waals surface area contributed by atoms with E-state index in [1.54, 1.807) is 6.92 Å². The van der Waals surface area contributed by atoms with E-state index in [2.05, 4.69) is 5.32 Å². The molecule has 0 bridgehead atoms. The molecule has 0 fully saturated rings. The molecule has 9 heteroatoms. The summed E-state index contributed by atoms with van der Waals surface area (Å²) < 4.78 is 10.6. The molecule has 1 atom stereocenters. The summed E-state index contributed by atoms with van der Waals surface area (Å²) in [5.74, 6) is -1.71. The normalized spacial score (nSPS) is 11.6. The minimum Gasteiger partial charge on any atom is -0.505 e. The van der Waals surface area contributed by atoms with E-state index in [1.807, 2.05) is 30.3 Å². The molecule has 2 aromatic carbocycles. The molecule has 1 amide bonds. The van der Waals surface area contributed by atoms with Crippen LogP contribution in [0.15, 0.2) is 36.4 Å². The number of phenolic OH excluding ortho intramolecular Hbond substituents is 1. The van der Waals surface area contributed by atoms with Gasteiger partial charge in [-0.15, -0.1) is 0 Å². The second-order valence-electron chi connectivity index (χ2n) is 6.71. The van der Waals surface area contributed by atoms with Crippen molar-refractivity contribution in [2.75, 3.05) is 19.8 Å². The number of benzene rings is 2. The molecule has 0 aliphatic rings. The molecular weight excluding hydrogens is 443 g/mol. The number of amides is 1. The van der Waals surface area contributed by atoms with E-state index in [9.17, 15) is 14.7 Å². The van der Waals surface area contributed by atoms with Crippen LogP contribution in [0, 0.1) is 0 Å². The molecule has 0 radical (unpaired) electrons. The topological polar surface area (TPSA) is 111 Å². The number of hydrogen-bond donors (Lipinski definition) is 3. The lowest BCUT2D eigenvalue weighted by atomic mass is 10.1. The van der Waals surface area contributed by atoms with E-state index < -0.39 is 23.7 Å². The molecular formula is C22H26Cl2N2O5. The number of phenols is 1. The molecule has 2 aromatic rings. The number of halogens is 2. The fraction of sp³-hybridized carbons (Fsp3) is 0.364. The zero-order valence-electron chi connectivity index (χ0n) is 17.2. The van der Waals surface area contributed by atoms with Gasteiger partial charge in [-0.3, -0.25) is 4.79 Å². The van der Waals surface area contributed by atoms with Crippen molar-refractivity contribution in [2.24, 2.45) is 5.73 Å². The van der Waals surface area contributed by atoms with Crippen molar-refractivity contribution in [1.29, 1.82) is 0 Å². The molecule has 4 N–H and O–H groups in total. The largest absolute Gasteiger partial charge is 0.505 e. The summed E-state index contributed by atoms with van der Waals surface area (Å²) in [6.45, 7) is 2.68. The molecule has 168 valence electrons. The summed E-state index contributed by atoms with van der Waals surface area (Å²) in [5, 5.41) is 12.9. The number of nitrogens with two attached hydrogens (primary N) is 1. The summed E-state index contributed by atoms with van der Waals surface area (Å²) in [5.41, 5.74) is 6.11. The minimum absolute atomic E-state index is 0.0662. The predicted molar refractivity (Wildman–Crippen MR) is 120 cm³/mol. The van der Waals surface area contributed by atoms with Gasteiger partial charge >= 0.3 is 5.97 Å². The number of hydrogen-bond acceptors (Lipinski definition) is 6. The molecule has 0 unspecified atom stereocenters. The average Bonchev–Trinajstić information content (AvgIpc) is 2.76. The van der Waals surface area contributed by atoms with Gasteiger partial charge in [0.15, 0.2) is 11.5 Å². The molecule has 0 aromatic heterocycles. The van der Waals surface area contributed by atoms with Gasteiger partial charge in [0.2, 0.25) is 0 Å². The lowest BCUT2D eigenvalue weighted by molar-refractivity contribution is -0.145. The maximum absolute atomic E-state index is 12.8. The zero-order valence-corrected chi connectivity index (χ0v) is 18.7. The summed E-state index contributed by atoms with van der Waals surface area (Å²) in [6.07, 6.45) is 1.67. The third-order valence-corrected chi connectivity index (χ3v) is 5.03. The first-order valence-electron chi connectivity index (χ1n) is 9.94. The van der Waals surface area contributed by atoms with E-state index in [1.165, 1.54) is 6.07 Å². The Bertz CT molecular complexity index is 893.